The van der Waals surface area contributed by atoms with Gasteiger partial charge in [0.1, 0.15) is 6.04 Å². The second-order valence-electron chi connectivity index (χ2n) is 16.5. The maximum absolute atomic E-state index is 15.0. The molecule has 7 aliphatic rings. The van der Waals surface area contributed by atoms with E-state index in [1.807, 2.05) is 54.6 Å². The minimum atomic E-state index is -1.10. The van der Waals surface area contributed by atoms with E-state index in [1.165, 1.54) is 50.7 Å². The molecule has 4 N–H and O–H groups in total. The molecule has 0 heterocycles. The zero-order chi connectivity index (χ0) is 36.3. The van der Waals surface area contributed by atoms with Crippen LogP contribution in [0.1, 0.15) is 88.5 Å². The normalized spacial score (nSPS) is 29.0. The molecule has 0 aromatic heterocycles. The number of rotatable bonds is 10. The Bertz CT molecular complexity index is 2010. The lowest BCUT2D eigenvalue weighted by Crippen LogP contribution is -2.57. The van der Waals surface area contributed by atoms with E-state index in [0.29, 0.717) is 12.2 Å². The quantitative estimate of drug-likeness (QED) is 0.143. The number of nitrogens with one attached hydrogen (secondary N) is 3. The van der Waals surface area contributed by atoms with E-state index in [0.717, 1.165) is 45.6 Å². The highest BCUT2D eigenvalue weighted by Gasteiger charge is 2.56. The molecule has 2 unspecified atom stereocenters. The van der Waals surface area contributed by atoms with Crippen LogP contribution in [0.3, 0.4) is 0 Å². The van der Waals surface area contributed by atoms with Gasteiger partial charge < -0.3 is 21.1 Å². The van der Waals surface area contributed by atoms with Crippen molar-refractivity contribution in [2.24, 2.45) is 35.0 Å². The molecule has 270 valence electrons. The lowest BCUT2D eigenvalue weighted by atomic mass is 9.49. The molecule has 0 saturated heterocycles. The highest BCUT2D eigenvalue weighted by Crippen LogP contribution is 2.61. The molecule has 0 aliphatic heterocycles. The molecule has 11 rings (SSSR count). The van der Waals surface area contributed by atoms with Gasteiger partial charge in [0, 0.05) is 30.5 Å². The Kier molecular flexibility index (Phi) is 8.44. The van der Waals surface area contributed by atoms with Crippen molar-refractivity contribution in [3.63, 3.8) is 0 Å². The van der Waals surface area contributed by atoms with Crippen LogP contribution in [0.4, 0.5) is 5.69 Å². The molecule has 8 nitrogen and oxygen atoms in total. The number of hydrogen-bond donors (Lipinski definition) is 4. The third kappa shape index (κ3) is 6.12. The zero-order valence-corrected chi connectivity index (χ0v) is 29.7. The molecule has 6 bridgehead atoms. The molecule has 7 aliphatic carbocycles. The van der Waals surface area contributed by atoms with E-state index in [-0.39, 0.29) is 41.0 Å². The fraction of sp³-hybridized carbons (Fsp3) is 0.378. The van der Waals surface area contributed by atoms with Gasteiger partial charge in [-0.1, -0.05) is 84.9 Å². The topological polar surface area (TPSA) is 125 Å². The molecule has 4 aromatic carbocycles. The van der Waals surface area contributed by atoms with Crippen molar-refractivity contribution in [1.29, 1.82) is 0 Å². The summed E-state index contributed by atoms with van der Waals surface area (Å²) in [5.41, 5.74) is 5.65. The van der Waals surface area contributed by atoms with Crippen LogP contribution in [0, 0.1) is 35.0 Å². The number of carbonyl (C=O) groups is 4. The summed E-state index contributed by atoms with van der Waals surface area (Å²) >= 11 is 0. The summed E-state index contributed by atoms with van der Waals surface area (Å²) in [5.74, 6) is -1.78. The molecule has 4 fully saturated rings. The van der Waals surface area contributed by atoms with Crippen LogP contribution in [0.25, 0.3) is 0 Å². The summed E-state index contributed by atoms with van der Waals surface area (Å²) < 4.78 is 0. The van der Waals surface area contributed by atoms with Crippen LogP contribution in [-0.2, 0) is 20.8 Å². The summed E-state index contributed by atoms with van der Waals surface area (Å²) in [6.45, 7) is 0.648. The number of carboxylic acids is 1. The molecule has 8 heteroatoms. The third-order valence-corrected chi connectivity index (χ3v) is 13.1. The second-order valence-corrected chi connectivity index (χ2v) is 16.5. The largest absolute Gasteiger partial charge is 0.478 e. The third-order valence-electron chi connectivity index (χ3n) is 13.1. The second kappa shape index (κ2) is 13.3. The van der Waals surface area contributed by atoms with Crippen LogP contribution in [0.5, 0.6) is 0 Å². The Balaban J connectivity index is 1.05. The number of benzene rings is 4. The highest BCUT2D eigenvalue weighted by molar-refractivity contribution is 6.00. The predicted octanol–water partition coefficient (Wildman–Crippen LogP) is 6.91. The molecule has 4 aromatic rings. The smallest absolute Gasteiger partial charge is 0.335 e. The number of amides is 3. The van der Waals surface area contributed by atoms with Gasteiger partial charge in [0.05, 0.1) is 17.4 Å². The molecule has 3 amide bonds. The lowest BCUT2D eigenvalue weighted by molar-refractivity contribution is -0.139. The molecule has 53 heavy (non-hydrogen) atoms. The van der Waals surface area contributed by atoms with Crippen molar-refractivity contribution >= 4 is 29.4 Å². The average molecular weight is 708 g/mol. The van der Waals surface area contributed by atoms with Crippen molar-refractivity contribution in [3.05, 3.63) is 137 Å². The SMILES string of the molecule is O=C(O)c1cccc(NC(=O)[C@H](Cc2ccccc2)NC(=O)C2C3c4ccccc4C(c4ccccc43)C2C(=O)NCC23CC4CC(CC(C4)C2)C3)c1. The summed E-state index contributed by atoms with van der Waals surface area (Å²) in [7, 11) is 0. The summed E-state index contributed by atoms with van der Waals surface area (Å²) in [6, 6.07) is 31.0. The highest BCUT2D eigenvalue weighted by atomic mass is 16.4. The van der Waals surface area contributed by atoms with Gasteiger partial charge in [-0.05, 0) is 108 Å². The Morgan fingerprint density at radius 1 is 0.660 bits per heavy atom. The summed E-state index contributed by atoms with van der Waals surface area (Å²) in [5, 5.41) is 19.0. The zero-order valence-electron chi connectivity index (χ0n) is 29.7. The number of carboxylic acid groups (broad SMARTS) is 1. The lowest BCUT2D eigenvalue weighted by Gasteiger charge is -2.57. The fourth-order valence-electron chi connectivity index (χ4n) is 11.5. The van der Waals surface area contributed by atoms with E-state index in [1.54, 1.807) is 12.1 Å². The van der Waals surface area contributed by atoms with Crippen molar-refractivity contribution < 1.29 is 24.3 Å². The van der Waals surface area contributed by atoms with Gasteiger partial charge in [-0.15, -0.1) is 0 Å². The Morgan fingerprint density at radius 2 is 1.19 bits per heavy atom. The van der Waals surface area contributed by atoms with E-state index in [9.17, 15) is 19.5 Å². The minimum absolute atomic E-state index is 0.0457. The molecule has 0 spiro atoms. The van der Waals surface area contributed by atoms with E-state index in [2.05, 4.69) is 40.2 Å². The monoisotopic (exact) mass is 707 g/mol. The summed E-state index contributed by atoms with van der Waals surface area (Å²) in [4.78, 5) is 55.5. The molecular formula is C45H45N3O5. The van der Waals surface area contributed by atoms with Crippen molar-refractivity contribution in [2.75, 3.05) is 11.9 Å². The maximum atomic E-state index is 15.0. The number of fused-ring (bicyclic) bond motifs is 1. The Labute approximate surface area is 309 Å². The number of aromatic carboxylic acids is 1. The number of anilines is 1. The van der Waals surface area contributed by atoms with Gasteiger partial charge in [0.15, 0.2) is 0 Å². The fourth-order valence-corrected chi connectivity index (χ4v) is 11.5. The molecule has 3 atom stereocenters. The first-order valence-electron chi connectivity index (χ1n) is 19.2. The number of carbonyl (C=O) groups excluding carboxylic acids is 3. The van der Waals surface area contributed by atoms with Crippen molar-refractivity contribution in [1.82, 2.24) is 10.6 Å². The van der Waals surface area contributed by atoms with Crippen LogP contribution < -0.4 is 16.0 Å². The first-order chi connectivity index (χ1) is 25.7. The molecule has 0 radical (unpaired) electrons. The molecular weight excluding hydrogens is 663 g/mol. The van der Waals surface area contributed by atoms with Crippen LogP contribution >= 0.6 is 0 Å². The maximum Gasteiger partial charge on any atom is 0.335 e. The van der Waals surface area contributed by atoms with Crippen molar-refractivity contribution in [2.45, 2.75) is 62.8 Å². The standard InChI is InChI=1S/C45H45N3O5/c49-41(47-31-12-8-11-30(21-31)44(52)53)36(20-26-9-2-1-3-10-26)48-43(51)40-38-34-15-6-4-13-32(34)37(33-14-5-7-16-35(33)38)39(40)42(50)46-25-45-22-27-17-28(23-45)19-29(18-27)24-45/h1-16,21,27-29,36-40H,17-20,22-25H2,(H,46,50)(H,47,49)(H,48,51)(H,52,53)/t27?,28?,29?,36-,37?,38?,39?,40?,45?/m0/s1. The Hall–Kier alpha value is -5.24. The Morgan fingerprint density at radius 3 is 1.74 bits per heavy atom. The van der Waals surface area contributed by atoms with Crippen LogP contribution in [0.2, 0.25) is 0 Å². The van der Waals surface area contributed by atoms with Gasteiger partial charge in [0.25, 0.3) is 0 Å². The van der Waals surface area contributed by atoms with E-state index in [4.69, 9.17) is 0 Å². The number of hydrogen-bond acceptors (Lipinski definition) is 4. The first kappa shape index (κ1) is 33.6. The predicted molar refractivity (Wildman–Crippen MR) is 201 cm³/mol. The van der Waals surface area contributed by atoms with Gasteiger partial charge in [-0.25, -0.2) is 4.79 Å². The van der Waals surface area contributed by atoms with Gasteiger partial charge in [-0.3, -0.25) is 14.4 Å². The van der Waals surface area contributed by atoms with Crippen LogP contribution in [0.15, 0.2) is 103 Å². The van der Waals surface area contributed by atoms with E-state index >= 15 is 4.79 Å². The van der Waals surface area contributed by atoms with E-state index < -0.39 is 29.8 Å². The van der Waals surface area contributed by atoms with Gasteiger partial charge >= 0.3 is 5.97 Å². The minimum Gasteiger partial charge on any atom is -0.478 e. The molecule has 4 saturated carbocycles. The first-order valence-corrected chi connectivity index (χ1v) is 19.2. The van der Waals surface area contributed by atoms with Crippen molar-refractivity contribution in [3.8, 4) is 0 Å². The average Bonchev–Trinajstić information content (AvgIpc) is 3.16. The summed E-state index contributed by atoms with van der Waals surface area (Å²) in [6.07, 6.45) is 7.74. The van der Waals surface area contributed by atoms with Gasteiger partial charge in [-0.2, -0.15) is 0 Å². The van der Waals surface area contributed by atoms with Crippen LogP contribution in [-0.4, -0.2) is 41.4 Å². The van der Waals surface area contributed by atoms with Gasteiger partial charge in [0.2, 0.25) is 17.7 Å².